The second kappa shape index (κ2) is 6.47. The standard InChI is InChI=1S/C15H13FN2O2/c1-2-12-8-9-13(17-14(12)16)18-15(19)20-10-11-6-4-3-5-7-11/h2-9H,1,10H2,(H,17,18,19). The molecule has 0 fully saturated rings. The van der Waals surface area contributed by atoms with Gasteiger partial charge in [-0.25, -0.2) is 9.78 Å². The van der Waals surface area contributed by atoms with Crippen LogP contribution in [-0.4, -0.2) is 11.1 Å². The molecule has 0 aliphatic carbocycles. The summed E-state index contributed by atoms with van der Waals surface area (Å²) in [7, 11) is 0. The Morgan fingerprint density at radius 2 is 2.05 bits per heavy atom. The van der Waals surface area contributed by atoms with Crippen LogP contribution in [0.4, 0.5) is 15.0 Å². The van der Waals surface area contributed by atoms with E-state index in [-0.39, 0.29) is 18.0 Å². The van der Waals surface area contributed by atoms with Crippen LogP contribution in [0.15, 0.2) is 49.0 Å². The van der Waals surface area contributed by atoms with Crippen LogP contribution in [0.3, 0.4) is 0 Å². The van der Waals surface area contributed by atoms with Crippen molar-refractivity contribution in [3.05, 3.63) is 66.1 Å². The zero-order valence-corrected chi connectivity index (χ0v) is 10.7. The molecule has 0 bridgehead atoms. The zero-order valence-electron chi connectivity index (χ0n) is 10.7. The minimum Gasteiger partial charge on any atom is -0.444 e. The number of nitrogens with one attached hydrogen (secondary N) is 1. The second-order valence-corrected chi connectivity index (χ2v) is 3.97. The summed E-state index contributed by atoms with van der Waals surface area (Å²) in [5.41, 5.74) is 1.14. The summed E-state index contributed by atoms with van der Waals surface area (Å²) in [5, 5.41) is 2.36. The molecule has 20 heavy (non-hydrogen) atoms. The number of halogens is 1. The molecular formula is C15H13FN2O2. The first-order valence-corrected chi connectivity index (χ1v) is 5.95. The molecule has 5 heteroatoms. The van der Waals surface area contributed by atoms with Crippen molar-refractivity contribution in [3.8, 4) is 0 Å². The van der Waals surface area contributed by atoms with Crippen molar-refractivity contribution in [1.29, 1.82) is 0 Å². The lowest BCUT2D eigenvalue weighted by molar-refractivity contribution is 0.155. The summed E-state index contributed by atoms with van der Waals surface area (Å²) >= 11 is 0. The number of ether oxygens (including phenoxy) is 1. The molecule has 2 rings (SSSR count). The van der Waals surface area contributed by atoms with Crippen LogP contribution in [0.1, 0.15) is 11.1 Å². The largest absolute Gasteiger partial charge is 0.444 e. The lowest BCUT2D eigenvalue weighted by Crippen LogP contribution is -2.14. The maximum Gasteiger partial charge on any atom is 0.413 e. The number of carbonyl (C=O) groups excluding carboxylic acids is 1. The third-order valence-electron chi connectivity index (χ3n) is 2.54. The van der Waals surface area contributed by atoms with Gasteiger partial charge in [0.1, 0.15) is 12.4 Å². The number of anilines is 1. The van der Waals surface area contributed by atoms with E-state index < -0.39 is 12.0 Å². The average Bonchev–Trinajstić information content (AvgIpc) is 2.46. The van der Waals surface area contributed by atoms with Gasteiger partial charge in [-0.2, -0.15) is 4.39 Å². The molecule has 1 aromatic carbocycles. The topological polar surface area (TPSA) is 51.2 Å². The molecule has 0 unspecified atom stereocenters. The maximum atomic E-state index is 13.4. The molecule has 0 saturated carbocycles. The molecule has 0 spiro atoms. The highest BCUT2D eigenvalue weighted by molar-refractivity contribution is 5.83. The van der Waals surface area contributed by atoms with E-state index in [4.69, 9.17) is 4.74 Å². The molecule has 1 aromatic heterocycles. The van der Waals surface area contributed by atoms with Crippen molar-refractivity contribution < 1.29 is 13.9 Å². The molecule has 1 N–H and O–H groups in total. The van der Waals surface area contributed by atoms with Crippen LogP contribution < -0.4 is 5.32 Å². The smallest absolute Gasteiger partial charge is 0.413 e. The quantitative estimate of drug-likeness (QED) is 0.865. The SMILES string of the molecule is C=Cc1ccc(NC(=O)OCc2ccccc2)nc1F. The predicted octanol–water partition coefficient (Wildman–Crippen LogP) is 3.61. The van der Waals surface area contributed by atoms with Gasteiger partial charge in [0.25, 0.3) is 0 Å². The Bertz CT molecular complexity index is 615. The predicted molar refractivity (Wildman–Crippen MR) is 74.5 cm³/mol. The van der Waals surface area contributed by atoms with Gasteiger partial charge in [0, 0.05) is 5.56 Å². The molecule has 0 atom stereocenters. The molecule has 0 aliphatic heterocycles. The minimum absolute atomic E-state index is 0.0890. The first-order chi connectivity index (χ1) is 9.69. The van der Waals surface area contributed by atoms with Gasteiger partial charge in [-0.3, -0.25) is 5.32 Å². The van der Waals surface area contributed by atoms with E-state index in [0.717, 1.165) is 5.56 Å². The monoisotopic (exact) mass is 272 g/mol. The summed E-state index contributed by atoms with van der Waals surface area (Å²) in [6.45, 7) is 3.59. The Hall–Kier alpha value is -2.69. The van der Waals surface area contributed by atoms with Gasteiger partial charge < -0.3 is 4.74 Å². The second-order valence-electron chi connectivity index (χ2n) is 3.97. The molecule has 0 aliphatic rings. The Balaban J connectivity index is 1.91. The van der Waals surface area contributed by atoms with Crippen LogP contribution >= 0.6 is 0 Å². The van der Waals surface area contributed by atoms with Crippen molar-refractivity contribution in [2.75, 3.05) is 5.32 Å². The molecule has 0 radical (unpaired) electrons. The van der Waals surface area contributed by atoms with Crippen molar-refractivity contribution in [2.24, 2.45) is 0 Å². The van der Waals surface area contributed by atoms with Gasteiger partial charge in [-0.15, -0.1) is 0 Å². The fourth-order valence-corrected chi connectivity index (χ4v) is 1.53. The Morgan fingerprint density at radius 1 is 1.30 bits per heavy atom. The number of pyridine rings is 1. The van der Waals surface area contributed by atoms with E-state index in [1.54, 1.807) is 0 Å². The van der Waals surface area contributed by atoms with E-state index >= 15 is 0 Å². The van der Waals surface area contributed by atoms with E-state index in [2.05, 4.69) is 16.9 Å². The summed E-state index contributed by atoms with van der Waals surface area (Å²) in [6, 6.07) is 12.2. The molecule has 2 aromatic rings. The maximum absolute atomic E-state index is 13.4. The van der Waals surface area contributed by atoms with Crippen molar-refractivity contribution in [3.63, 3.8) is 0 Å². The number of amides is 1. The first kappa shape index (κ1) is 13.7. The fourth-order valence-electron chi connectivity index (χ4n) is 1.53. The van der Waals surface area contributed by atoms with Crippen LogP contribution in [0, 0.1) is 5.95 Å². The van der Waals surface area contributed by atoms with Gasteiger partial charge >= 0.3 is 6.09 Å². The van der Waals surface area contributed by atoms with Gasteiger partial charge in [-0.05, 0) is 17.7 Å². The van der Waals surface area contributed by atoms with Crippen molar-refractivity contribution in [2.45, 2.75) is 6.61 Å². The Morgan fingerprint density at radius 3 is 2.70 bits per heavy atom. The number of aromatic nitrogens is 1. The van der Waals surface area contributed by atoms with Gasteiger partial charge in [0.2, 0.25) is 5.95 Å². The molecular weight excluding hydrogens is 259 g/mol. The Kier molecular flexibility index (Phi) is 4.44. The molecule has 0 saturated heterocycles. The van der Waals surface area contributed by atoms with Gasteiger partial charge in [0.05, 0.1) is 0 Å². The minimum atomic E-state index is -0.694. The lowest BCUT2D eigenvalue weighted by Gasteiger charge is -2.07. The highest BCUT2D eigenvalue weighted by Gasteiger charge is 2.07. The number of hydrogen-bond acceptors (Lipinski definition) is 3. The van der Waals surface area contributed by atoms with Crippen LogP contribution in [0.2, 0.25) is 0 Å². The molecule has 1 amide bonds. The van der Waals surface area contributed by atoms with Crippen LogP contribution in [0.5, 0.6) is 0 Å². The third-order valence-corrected chi connectivity index (χ3v) is 2.54. The average molecular weight is 272 g/mol. The van der Waals surface area contributed by atoms with E-state index in [1.165, 1.54) is 18.2 Å². The summed E-state index contributed by atoms with van der Waals surface area (Å²) in [5.74, 6) is -0.605. The van der Waals surface area contributed by atoms with E-state index in [9.17, 15) is 9.18 Å². The van der Waals surface area contributed by atoms with E-state index in [1.807, 2.05) is 30.3 Å². The Labute approximate surface area is 115 Å². The van der Waals surface area contributed by atoms with Crippen LogP contribution in [0.25, 0.3) is 6.08 Å². The van der Waals surface area contributed by atoms with Crippen molar-refractivity contribution in [1.82, 2.24) is 4.98 Å². The summed E-state index contributed by atoms with van der Waals surface area (Å²) < 4.78 is 18.4. The van der Waals surface area contributed by atoms with Gasteiger partial charge in [0.15, 0.2) is 0 Å². The molecule has 4 nitrogen and oxygen atoms in total. The number of rotatable bonds is 4. The highest BCUT2D eigenvalue weighted by atomic mass is 19.1. The number of carbonyl (C=O) groups is 1. The first-order valence-electron chi connectivity index (χ1n) is 5.95. The molecule has 1 heterocycles. The normalized spacial score (nSPS) is 9.85. The zero-order chi connectivity index (χ0) is 14.4. The third kappa shape index (κ3) is 3.65. The highest BCUT2D eigenvalue weighted by Crippen LogP contribution is 2.11. The summed E-state index contributed by atoms with van der Waals surface area (Å²) in [4.78, 5) is 15.1. The number of hydrogen-bond donors (Lipinski definition) is 1. The number of benzene rings is 1. The lowest BCUT2D eigenvalue weighted by atomic mass is 10.2. The van der Waals surface area contributed by atoms with Crippen molar-refractivity contribution >= 4 is 18.0 Å². The van der Waals surface area contributed by atoms with Crippen LogP contribution in [-0.2, 0) is 11.3 Å². The molecule has 102 valence electrons. The van der Waals surface area contributed by atoms with Gasteiger partial charge in [-0.1, -0.05) is 43.0 Å². The number of nitrogens with zero attached hydrogens (tertiary/aromatic N) is 1. The van der Waals surface area contributed by atoms with E-state index in [0.29, 0.717) is 0 Å². The summed E-state index contributed by atoms with van der Waals surface area (Å²) in [6.07, 6.45) is 0.659. The fraction of sp³-hybridized carbons (Fsp3) is 0.0667.